The summed E-state index contributed by atoms with van der Waals surface area (Å²) in [6.45, 7) is 2.41. The molecule has 2 aromatic carbocycles. The van der Waals surface area contributed by atoms with E-state index in [4.69, 9.17) is 15.6 Å². The number of methoxy groups -OCH3 is 1. The van der Waals surface area contributed by atoms with Crippen molar-refractivity contribution in [3.63, 3.8) is 0 Å². The first kappa shape index (κ1) is 19.3. The molecule has 1 fully saturated rings. The van der Waals surface area contributed by atoms with E-state index in [0.717, 1.165) is 47.2 Å². The van der Waals surface area contributed by atoms with E-state index in [-0.39, 0.29) is 11.9 Å². The Kier molecular flexibility index (Phi) is 6.08. The number of ether oxygens (including phenoxy) is 1. The van der Waals surface area contributed by atoms with Gasteiger partial charge in [0, 0.05) is 12.2 Å². The summed E-state index contributed by atoms with van der Waals surface area (Å²) < 4.78 is 5.37. The second kappa shape index (κ2) is 8.50. The number of likely N-dealkylation sites (tertiary alicyclic amines) is 1. The van der Waals surface area contributed by atoms with Crippen LogP contribution in [0.5, 0.6) is 5.75 Å². The molecule has 4 N–H and O–H groups in total. The lowest BCUT2D eigenvalue weighted by Crippen LogP contribution is -2.32. The Balaban J connectivity index is 2.01. The third kappa shape index (κ3) is 3.96. The number of benzene rings is 2. The smallest absolute Gasteiger partial charge is 0.263 e. The number of nitrogens with zero attached hydrogens (tertiary/aromatic N) is 1. The van der Waals surface area contributed by atoms with Crippen LogP contribution < -0.4 is 15.6 Å². The molecule has 1 aliphatic heterocycles. The Morgan fingerprint density at radius 1 is 1.22 bits per heavy atom. The van der Waals surface area contributed by atoms with Crippen molar-refractivity contribution in [1.29, 1.82) is 0 Å². The maximum atomic E-state index is 13.0. The van der Waals surface area contributed by atoms with Crippen LogP contribution in [0.1, 0.15) is 31.4 Å². The van der Waals surface area contributed by atoms with Crippen molar-refractivity contribution in [2.75, 3.05) is 13.7 Å². The molecule has 1 atom stereocenters. The van der Waals surface area contributed by atoms with Gasteiger partial charge in [-0.25, -0.2) is 0 Å². The van der Waals surface area contributed by atoms with Gasteiger partial charge in [0.2, 0.25) is 0 Å². The minimum absolute atomic E-state index is 0.00130. The van der Waals surface area contributed by atoms with Gasteiger partial charge in [-0.15, -0.1) is 0 Å². The average Bonchev–Trinajstić information content (AvgIpc) is 3.18. The molecule has 2 aromatic rings. The fourth-order valence-corrected chi connectivity index (χ4v) is 4.02. The maximum Gasteiger partial charge on any atom is 0.263 e. The summed E-state index contributed by atoms with van der Waals surface area (Å²) >= 11 is 0.923. The molecular weight excluding hydrogens is 358 g/mol. The maximum absolute atomic E-state index is 13.0. The highest BCUT2D eigenvalue weighted by Crippen LogP contribution is 2.39. The van der Waals surface area contributed by atoms with Crippen molar-refractivity contribution in [2.45, 2.75) is 25.8 Å². The fourth-order valence-electron chi connectivity index (χ4n) is 3.62. The minimum atomic E-state index is -0.0922. The van der Waals surface area contributed by atoms with Crippen LogP contribution >= 0.6 is 11.9 Å². The van der Waals surface area contributed by atoms with Gasteiger partial charge in [-0.1, -0.05) is 36.4 Å². The Labute approximate surface area is 164 Å². The lowest BCUT2D eigenvalue weighted by atomic mass is 9.93. The van der Waals surface area contributed by atoms with Crippen molar-refractivity contribution >= 4 is 17.9 Å². The second-order valence-electron chi connectivity index (χ2n) is 6.61. The molecule has 1 heterocycles. The van der Waals surface area contributed by atoms with Crippen LogP contribution in [-0.2, 0) is 4.79 Å². The summed E-state index contributed by atoms with van der Waals surface area (Å²) in [5, 5.41) is 5.70. The number of carbonyl (C=O) groups excluding carboxylic acids is 1. The molecular formula is C21H25N3O2S. The zero-order chi connectivity index (χ0) is 19.4. The first-order valence-corrected chi connectivity index (χ1v) is 9.82. The quantitative estimate of drug-likeness (QED) is 0.606. The molecule has 1 saturated heterocycles. The Morgan fingerprint density at radius 3 is 2.70 bits per heavy atom. The van der Waals surface area contributed by atoms with Gasteiger partial charge in [-0.2, -0.15) is 0 Å². The van der Waals surface area contributed by atoms with E-state index in [1.54, 1.807) is 14.0 Å². The zero-order valence-electron chi connectivity index (χ0n) is 15.6. The van der Waals surface area contributed by atoms with Gasteiger partial charge >= 0.3 is 0 Å². The van der Waals surface area contributed by atoms with Gasteiger partial charge in [0.15, 0.2) is 0 Å². The first-order valence-electron chi connectivity index (χ1n) is 8.94. The van der Waals surface area contributed by atoms with Crippen LogP contribution in [0.4, 0.5) is 0 Å². The van der Waals surface area contributed by atoms with Crippen LogP contribution in [0.15, 0.2) is 59.1 Å². The lowest BCUT2D eigenvalue weighted by Gasteiger charge is -2.27. The molecule has 1 aliphatic rings. The zero-order valence-corrected chi connectivity index (χ0v) is 16.5. The highest BCUT2D eigenvalue weighted by atomic mass is 32.2. The lowest BCUT2D eigenvalue weighted by molar-refractivity contribution is -0.127. The van der Waals surface area contributed by atoms with Gasteiger partial charge in [0.1, 0.15) is 10.7 Å². The Morgan fingerprint density at radius 2 is 2.00 bits per heavy atom. The topological polar surface area (TPSA) is 81.6 Å². The van der Waals surface area contributed by atoms with Crippen LogP contribution in [0, 0.1) is 0 Å². The Hall–Kier alpha value is -2.44. The standard InChI is InChI=1S/C21H25N3O2S/c1-14(22)20(27-23)21(25)24-12-6-11-19(24)18-10-4-3-9-17(18)15-7-5-8-16(13-15)26-2/h3-5,7-10,13,19H,6,11-12,22-23H2,1-2H3/b20-14-. The van der Waals surface area contributed by atoms with Crippen LogP contribution in [0.3, 0.4) is 0 Å². The summed E-state index contributed by atoms with van der Waals surface area (Å²) in [6, 6.07) is 16.2. The van der Waals surface area contributed by atoms with E-state index in [1.807, 2.05) is 35.2 Å². The van der Waals surface area contributed by atoms with Crippen molar-refractivity contribution in [1.82, 2.24) is 4.90 Å². The molecule has 5 nitrogen and oxygen atoms in total. The van der Waals surface area contributed by atoms with E-state index in [9.17, 15) is 4.79 Å². The number of carbonyl (C=O) groups is 1. The third-order valence-corrected chi connectivity index (χ3v) is 5.62. The van der Waals surface area contributed by atoms with E-state index >= 15 is 0 Å². The van der Waals surface area contributed by atoms with Crippen molar-refractivity contribution in [2.24, 2.45) is 10.9 Å². The van der Waals surface area contributed by atoms with Gasteiger partial charge < -0.3 is 15.4 Å². The molecule has 0 aliphatic carbocycles. The van der Waals surface area contributed by atoms with E-state index in [1.165, 1.54) is 0 Å². The van der Waals surface area contributed by atoms with Gasteiger partial charge in [0.05, 0.1) is 13.2 Å². The highest BCUT2D eigenvalue weighted by molar-refractivity contribution is 8.01. The SMILES string of the molecule is COc1cccc(-c2ccccc2C2CCCN2C(=O)/C(SN)=C(\C)N)c1. The molecule has 0 radical (unpaired) electrons. The van der Waals surface area contributed by atoms with Crippen LogP contribution in [0.25, 0.3) is 11.1 Å². The van der Waals surface area contributed by atoms with Crippen LogP contribution in [0.2, 0.25) is 0 Å². The number of rotatable bonds is 5. The average molecular weight is 384 g/mol. The number of nitrogens with two attached hydrogens (primary N) is 2. The summed E-state index contributed by atoms with van der Waals surface area (Å²) in [5.41, 5.74) is 9.64. The monoisotopic (exact) mass is 383 g/mol. The number of hydrogen-bond donors (Lipinski definition) is 2. The van der Waals surface area contributed by atoms with E-state index in [0.29, 0.717) is 17.1 Å². The molecule has 6 heteroatoms. The molecule has 0 aromatic heterocycles. The summed E-state index contributed by atoms with van der Waals surface area (Å²) in [4.78, 5) is 15.3. The molecule has 1 amide bonds. The number of allylic oxidation sites excluding steroid dienone is 1. The normalized spacial score (nSPS) is 17.6. The van der Waals surface area contributed by atoms with Crippen molar-refractivity contribution in [3.8, 4) is 16.9 Å². The van der Waals surface area contributed by atoms with Crippen molar-refractivity contribution < 1.29 is 9.53 Å². The van der Waals surface area contributed by atoms with Crippen LogP contribution in [-0.4, -0.2) is 24.5 Å². The molecule has 27 heavy (non-hydrogen) atoms. The number of hydrogen-bond acceptors (Lipinski definition) is 5. The second-order valence-corrected chi connectivity index (χ2v) is 7.25. The molecule has 0 spiro atoms. The molecule has 142 valence electrons. The molecule has 3 rings (SSSR count). The van der Waals surface area contributed by atoms with Gasteiger partial charge in [0.25, 0.3) is 5.91 Å². The van der Waals surface area contributed by atoms with E-state index in [2.05, 4.69) is 18.2 Å². The fraction of sp³-hybridized carbons (Fsp3) is 0.286. The third-order valence-electron chi connectivity index (χ3n) is 4.88. The minimum Gasteiger partial charge on any atom is -0.497 e. The predicted octanol–water partition coefficient (Wildman–Crippen LogP) is 3.82. The number of amides is 1. The molecule has 0 saturated carbocycles. The largest absolute Gasteiger partial charge is 0.497 e. The molecule has 0 bridgehead atoms. The van der Waals surface area contributed by atoms with E-state index < -0.39 is 0 Å². The van der Waals surface area contributed by atoms with Gasteiger partial charge in [-0.05, 0) is 60.5 Å². The first-order chi connectivity index (χ1) is 13.1. The van der Waals surface area contributed by atoms with Gasteiger partial charge in [-0.3, -0.25) is 9.93 Å². The summed E-state index contributed by atoms with van der Waals surface area (Å²) in [6.07, 6.45) is 1.87. The highest BCUT2D eigenvalue weighted by Gasteiger charge is 2.33. The Bertz CT molecular complexity index is 862. The van der Waals surface area contributed by atoms with Crippen molar-refractivity contribution in [3.05, 3.63) is 64.7 Å². The summed E-state index contributed by atoms with van der Waals surface area (Å²) in [5.74, 6) is 0.718. The summed E-state index contributed by atoms with van der Waals surface area (Å²) in [7, 11) is 1.66. The molecule has 1 unspecified atom stereocenters. The predicted molar refractivity (Wildman–Crippen MR) is 111 cm³/mol.